The first-order valence-corrected chi connectivity index (χ1v) is 7.26. The Morgan fingerprint density at radius 2 is 1.83 bits per heavy atom. The van der Waals surface area contributed by atoms with E-state index in [1.165, 1.54) is 6.26 Å². The van der Waals surface area contributed by atoms with Crippen LogP contribution < -0.4 is 10.6 Å². The van der Waals surface area contributed by atoms with Gasteiger partial charge in [-0.3, -0.25) is 4.79 Å². The van der Waals surface area contributed by atoms with E-state index in [0.717, 1.165) is 5.56 Å². The molecule has 0 spiro atoms. The molecule has 2 heterocycles. The third kappa shape index (κ3) is 3.87. The number of aromatic nitrogens is 2. The van der Waals surface area contributed by atoms with Crippen LogP contribution in [0.3, 0.4) is 0 Å². The molecular formula is C16H13ClN4O2. The first-order valence-electron chi connectivity index (χ1n) is 6.88. The summed E-state index contributed by atoms with van der Waals surface area (Å²) in [6, 6.07) is 14.1. The molecule has 0 saturated carbocycles. The van der Waals surface area contributed by atoms with Crippen molar-refractivity contribution in [2.24, 2.45) is 0 Å². The van der Waals surface area contributed by atoms with Gasteiger partial charge in [0.05, 0.1) is 6.26 Å². The summed E-state index contributed by atoms with van der Waals surface area (Å²) in [5.41, 5.74) is 0.964. The molecule has 0 fully saturated rings. The fourth-order valence-electron chi connectivity index (χ4n) is 1.91. The molecule has 2 N–H and O–H groups in total. The van der Waals surface area contributed by atoms with Gasteiger partial charge in [-0.15, -0.1) is 10.2 Å². The highest BCUT2D eigenvalue weighted by Crippen LogP contribution is 2.16. The Hall–Kier alpha value is -2.86. The first kappa shape index (κ1) is 15.1. The maximum Gasteiger partial charge on any atom is 0.292 e. The van der Waals surface area contributed by atoms with Crippen LogP contribution in [0.1, 0.15) is 16.1 Å². The van der Waals surface area contributed by atoms with E-state index < -0.39 is 0 Å². The molecule has 23 heavy (non-hydrogen) atoms. The van der Waals surface area contributed by atoms with Crippen LogP contribution >= 0.6 is 11.6 Å². The fourth-order valence-corrected chi connectivity index (χ4v) is 2.11. The van der Waals surface area contributed by atoms with E-state index in [-0.39, 0.29) is 11.7 Å². The molecular weight excluding hydrogens is 316 g/mol. The first-order chi connectivity index (χ1) is 11.2. The van der Waals surface area contributed by atoms with Gasteiger partial charge in [-0.25, -0.2) is 0 Å². The highest BCUT2D eigenvalue weighted by atomic mass is 35.5. The van der Waals surface area contributed by atoms with E-state index in [9.17, 15) is 4.79 Å². The van der Waals surface area contributed by atoms with E-state index in [1.807, 2.05) is 24.3 Å². The minimum atomic E-state index is -0.374. The van der Waals surface area contributed by atoms with E-state index in [1.54, 1.807) is 24.3 Å². The average Bonchev–Trinajstić information content (AvgIpc) is 3.10. The summed E-state index contributed by atoms with van der Waals surface area (Å²) in [5.74, 6) is 0.768. The standard InChI is InChI=1S/C16H13ClN4O2/c17-12-5-2-1-4-11(12)10-18-14-7-8-15(21-20-14)19-16(22)13-6-3-9-23-13/h1-9H,10H2,(H,18,20)(H,19,21,22). The number of carbonyl (C=O) groups is 1. The van der Waals surface area contributed by atoms with Gasteiger partial charge in [-0.1, -0.05) is 29.8 Å². The molecule has 1 aromatic carbocycles. The number of benzene rings is 1. The number of rotatable bonds is 5. The lowest BCUT2D eigenvalue weighted by Crippen LogP contribution is -2.13. The summed E-state index contributed by atoms with van der Waals surface area (Å²) in [6.45, 7) is 0.534. The van der Waals surface area contributed by atoms with Crippen molar-refractivity contribution in [3.8, 4) is 0 Å². The summed E-state index contributed by atoms with van der Waals surface area (Å²) < 4.78 is 5.00. The van der Waals surface area contributed by atoms with Crippen LogP contribution in [-0.4, -0.2) is 16.1 Å². The van der Waals surface area contributed by atoms with Gasteiger partial charge in [0.1, 0.15) is 5.82 Å². The molecule has 0 aliphatic rings. The number of furan rings is 1. The molecule has 3 aromatic rings. The Morgan fingerprint density at radius 1 is 1.04 bits per heavy atom. The molecule has 7 heteroatoms. The Morgan fingerprint density at radius 3 is 2.52 bits per heavy atom. The van der Waals surface area contributed by atoms with Gasteiger partial charge in [-0.05, 0) is 35.9 Å². The minimum Gasteiger partial charge on any atom is -0.459 e. The molecule has 2 aromatic heterocycles. The number of hydrogen-bond acceptors (Lipinski definition) is 5. The van der Waals surface area contributed by atoms with Crippen molar-refractivity contribution in [2.45, 2.75) is 6.54 Å². The number of anilines is 2. The zero-order chi connectivity index (χ0) is 16.1. The summed E-state index contributed by atoms with van der Waals surface area (Å²) in [7, 11) is 0. The quantitative estimate of drug-likeness (QED) is 0.748. The second-order valence-corrected chi connectivity index (χ2v) is 5.09. The summed E-state index contributed by atoms with van der Waals surface area (Å²) in [6.07, 6.45) is 1.43. The number of amides is 1. The van der Waals surface area contributed by atoms with E-state index in [0.29, 0.717) is 23.2 Å². The smallest absolute Gasteiger partial charge is 0.292 e. The molecule has 6 nitrogen and oxygen atoms in total. The zero-order valence-electron chi connectivity index (χ0n) is 12.0. The molecule has 116 valence electrons. The van der Waals surface area contributed by atoms with Crippen molar-refractivity contribution in [1.82, 2.24) is 10.2 Å². The topological polar surface area (TPSA) is 80.0 Å². The largest absolute Gasteiger partial charge is 0.459 e. The van der Waals surface area contributed by atoms with Gasteiger partial charge >= 0.3 is 0 Å². The highest BCUT2D eigenvalue weighted by molar-refractivity contribution is 6.31. The van der Waals surface area contributed by atoms with Gasteiger partial charge in [0.15, 0.2) is 11.6 Å². The van der Waals surface area contributed by atoms with Crippen molar-refractivity contribution in [2.75, 3.05) is 10.6 Å². The zero-order valence-corrected chi connectivity index (χ0v) is 12.7. The van der Waals surface area contributed by atoms with E-state index in [2.05, 4.69) is 20.8 Å². The predicted octanol–water partition coefficient (Wildman–Crippen LogP) is 3.59. The van der Waals surface area contributed by atoms with Crippen LogP contribution in [0.2, 0.25) is 5.02 Å². The Balaban J connectivity index is 1.59. The van der Waals surface area contributed by atoms with Gasteiger partial charge < -0.3 is 15.1 Å². The third-order valence-corrected chi connectivity index (χ3v) is 3.44. The lowest BCUT2D eigenvalue weighted by atomic mass is 10.2. The van der Waals surface area contributed by atoms with Crippen LogP contribution in [-0.2, 0) is 6.54 Å². The maximum atomic E-state index is 11.8. The normalized spacial score (nSPS) is 10.3. The molecule has 0 bridgehead atoms. The van der Waals surface area contributed by atoms with E-state index in [4.69, 9.17) is 16.0 Å². The Bertz CT molecular complexity index is 788. The molecule has 0 aliphatic heterocycles. The van der Waals surface area contributed by atoms with Crippen LogP contribution in [0.4, 0.5) is 11.6 Å². The molecule has 0 unspecified atom stereocenters. The van der Waals surface area contributed by atoms with Crippen LogP contribution in [0.5, 0.6) is 0 Å². The van der Waals surface area contributed by atoms with Crippen LogP contribution in [0.15, 0.2) is 59.2 Å². The Labute approximate surface area is 137 Å². The second-order valence-electron chi connectivity index (χ2n) is 4.68. The maximum absolute atomic E-state index is 11.8. The van der Waals surface area contributed by atoms with Gasteiger partial charge in [0, 0.05) is 11.6 Å². The SMILES string of the molecule is O=C(Nc1ccc(NCc2ccccc2Cl)nn1)c1ccco1. The summed E-state index contributed by atoms with van der Waals surface area (Å²) in [4.78, 5) is 11.8. The summed E-state index contributed by atoms with van der Waals surface area (Å²) >= 11 is 6.09. The van der Waals surface area contributed by atoms with Gasteiger partial charge in [0.25, 0.3) is 5.91 Å². The van der Waals surface area contributed by atoms with Crippen molar-refractivity contribution < 1.29 is 9.21 Å². The molecule has 1 amide bonds. The van der Waals surface area contributed by atoms with Crippen molar-refractivity contribution >= 4 is 29.1 Å². The number of hydrogen-bond donors (Lipinski definition) is 2. The fraction of sp³-hybridized carbons (Fsp3) is 0.0625. The lowest BCUT2D eigenvalue weighted by Gasteiger charge is -2.07. The number of nitrogens with zero attached hydrogens (tertiary/aromatic N) is 2. The second kappa shape index (κ2) is 6.93. The summed E-state index contributed by atoms with van der Waals surface area (Å²) in [5, 5.41) is 14.4. The molecule has 0 radical (unpaired) electrons. The molecule has 3 rings (SSSR count). The van der Waals surface area contributed by atoms with Crippen molar-refractivity contribution in [3.63, 3.8) is 0 Å². The molecule has 0 saturated heterocycles. The predicted molar refractivity (Wildman–Crippen MR) is 87.5 cm³/mol. The van der Waals surface area contributed by atoms with Crippen LogP contribution in [0.25, 0.3) is 0 Å². The highest BCUT2D eigenvalue weighted by Gasteiger charge is 2.09. The van der Waals surface area contributed by atoms with Crippen LogP contribution in [0, 0.1) is 0 Å². The number of carbonyl (C=O) groups excluding carboxylic acids is 1. The number of halogens is 1. The lowest BCUT2D eigenvalue weighted by molar-refractivity contribution is 0.0996. The van der Waals surface area contributed by atoms with Gasteiger partial charge in [-0.2, -0.15) is 0 Å². The average molecular weight is 329 g/mol. The van der Waals surface area contributed by atoms with Crippen molar-refractivity contribution in [3.05, 3.63) is 71.1 Å². The van der Waals surface area contributed by atoms with Crippen molar-refractivity contribution in [1.29, 1.82) is 0 Å². The van der Waals surface area contributed by atoms with Gasteiger partial charge in [0.2, 0.25) is 0 Å². The molecule has 0 atom stereocenters. The van der Waals surface area contributed by atoms with E-state index >= 15 is 0 Å². The minimum absolute atomic E-state index is 0.215. The third-order valence-electron chi connectivity index (χ3n) is 3.07. The Kier molecular flexibility index (Phi) is 4.54. The molecule has 0 aliphatic carbocycles. The monoisotopic (exact) mass is 328 g/mol. The number of nitrogens with one attached hydrogen (secondary N) is 2.